The quantitative estimate of drug-likeness (QED) is 0.907. The standard InChI is InChI=1S/C14H22F3N3O/c1-11-18-5-10-20(11)7-2-6-19-8-3-12(4-9-19)13(21)14(15,16)17/h5,10,12-13,21H,2-4,6-9H2,1H3. The third kappa shape index (κ3) is 4.44. The maximum absolute atomic E-state index is 12.5. The fraction of sp³-hybridized carbons (Fsp3) is 0.786. The molecular formula is C14H22F3N3O. The molecule has 1 N–H and O–H groups in total. The lowest BCUT2D eigenvalue weighted by atomic mass is 9.91. The number of imidazole rings is 1. The Balaban J connectivity index is 1.69. The van der Waals surface area contributed by atoms with Crippen molar-refractivity contribution in [1.82, 2.24) is 14.5 Å². The molecule has 1 aliphatic heterocycles. The van der Waals surface area contributed by atoms with Gasteiger partial charge in [-0.05, 0) is 51.7 Å². The minimum atomic E-state index is -4.49. The van der Waals surface area contributed by atoms with E-state index in [1.54, 1.807) is 6.20 Å². The molecule has 0 amide bonds. The molecule has 0 aliphatic carbocycles. The van der Waals surface area contributed by atoms with Gasteiger partial charge >= 0.3 is 6.18 Å². The van der Waals surface area contributed by atoms with Gasteiger partial charge in [0.05, 0.1) is 0 Å². The summed E-state index contributed by atoms with van der Waals surface area (Å²) in [6.45, 7) is 4.94. The van der Waals surface area contributed by atoms with Crippen LogP contribution in [0.15, 0.2) is 12.4 Å². The highest BCUT2D eigenvalue weighted by Gasteiger charge is 2.43. The maximum atomic E-state index is 12.5. The molecule has 1 saturated heterocycles. The number of piperidine rings is 1. The zero-order valence-electron chi connectivity index (χ0n) is 12.2. The van der Waals surface area contributed by atoms with Crippen LogP contribution in [0.3, 0.4) is 0 Å². The molecule has 1 fully saturated rings. The molecule has 120 valence electrons. The van der Waals surface area contributed by atoms with Crippen LogP contribution in [-0.2, 0) is 6.54 Å². The molecule has 1 aromatic heterocycles. The van der Waals surface area contributed by atoms with Crippen LogP contribution in [0.25, 0.3) is 0 Å². The summed E-state index contributed by atoms with van der Waals surface area (Å²) in [5.41, 5.74) is 0. The van der Waals surface area contributed by atoms with Crippen LogP contribution in [0.2, 0.25) is 0 Å². The number of alkyl halides is 3. The van der Waals surface area contributed by atoms with E-state index in [2.05, 4.69) is 14.5 Å². The van der Waals surface area contributed by atoms with Gasteiger partial charge in [-0.3, -0.25) is 0 Å². The molecule has 0 bridgehead atoms. The fourth-order valence-electron chi connectivity index (χ4n) is 2.86. The van der Waals surface area contributed by atoms with Crippen LogP contribution < -0.4 is 0 Å². The Morgan fingerprint density at radius 2 is 2.00 bits per heavy atom. The van der Waals surface area contributed by atoms with Crippen molar-refractivity contribution >= 4 is 0 Å². The van der Waals surface area contributed by atoms with Crippen molar-refractivity contribution in [3.05, 3.63) is 18.2 Å². The second-order valence-corrected chi connectivity index (χ2v) is 5.69. The van der Waals surface area contributed by atoms with Crippen molar-refractivity contribution in [3.63, 3.8) is 0 Å². The van der Waals surface area contributed by atoms with E-state index < -0.39 is 18.2 Å². The summed E-state index contributed by atoms with van der Waals surface area (Å²) in [6, 6.07) is 0. The maximum Gasteiger partial charge on any atom is 0.414 e. The Morgan fingerprint density at radius 3 is 2.52 bits per heavy atom. The predicted molar refractivity (Wildman–Crippen MR) is 72.8 cm³/mol. The highest BCUT2D eigenvalue weighted by Crippen LogP contribution is 2.31. The molecule has 2 rings (SSSR count). The molecule has 0 aromatic carbocycles. The second-order valence-electron chi connectivity index (χ2n) is 5.69. The number of aryl methyl sites for hydroxylation is 2. The van der Waals surface area contributed by atoms with Crippen molar-refractivity contribution in [2.24, 2.45) is 5.92 Å². The third-order valence-corrected chi connectivity index (χ3v) is 4.21. The third-order valence-electron chi connectivity index (χ3n) is 4.21. The lowest BCUT2D eigenvalue weighted by Crippen LogP contribution is -2.43. The number of rotatable bonds is 5. The number of likely N-dealkylation sites (tertiary alicyclic amines) is 1. The van der Waals surface area contributed by atoms with E-state index in [0.29, 0.717) is 25.9 Å². The summed E-state index contributed by atoms with van der Waals surface area (Å²) in [4.78, 5) is 6.32. The minimum Gasteiger partial charge on any atom is -0.383 e. The highest BCUT2D eigenvalue weighted by molar-refractivity contribution is 4.88. The van der Waals surface area contributed by atoms with Gasteiger partial charge < -0.3 is 14.6 Å². The summed E-state index contributed by atoms with van der Waals surface area (Å²) < 4.78 is 39.4. The molecule has 0 saturated carbocycles. The predicted octanol–water partition coefficient (Wildman–Crippen LogP) is 2.22. The van der Waals surface area contributed by atoms with Crippen LogP contribution in [0.5, 0.6) is 0 Å². The van der Waals surface area contributed by atoms with Gasteiger partial charge in [0.25, 0.3) is 0 Å². The molecule has 1 aromatic rings. The van der Waals surface area contributed by atoms with Crippen molar-refractivity contribution in [1.29, 1.82) is 0 Å². The molecule has 21 heavy (non-hydrogen) atoms. The zero-order valence-corrected chi connectivity index (χ0v) is 12.2. The smallest absolute Gasteiger partial charge is 0.383 e. The number of aliphatic hydroxyl groups is 1. The van der Waals surface area contributed by atoms with Gasteiger partial charge in [0.2, 0.25) is 0 Å². The van der Waals surface area contributed by atoms with Crippen LogP contribution >= 0.6 is 0 Å². The van der Waals surface area contributed by atoms with Gasteiger partial charge in [-0.15, -0.1) is 0 Å². The largest absolute Gasteiger partial charge is 0.414 e. The second kappa shape index (κ2) is 6.79. The van der Waals surface area contributed by atoms with Crippen molar-refractivity contribution in [2.75, 3.05) is 19.6 Å². The average molecular weight is 305 g/mol. The van der Waals surface area contributed by atoms with Crippen LogP contribution in [0, 0.1) is 12.8 Å². The van der Waals surface area contributed by atoms with Gasteiger partial charge in [0.15, 0.2) is 6.10 Å². The molecule has 1 aliphatic rings. The number of hydrogen-bond donors (Lipinski definition) is 1. The minimum absolute atomic E-state index is 0.408. The molecule has 1 atom stereocenters. The Kier molecular flexibility index (Phi) is 5.27. The van der Waals surface area contributed by atoms with E-state index in [-0.39, 0.29) is 0 Å². The first-order chi connectivity index (χ1) is 9.88. The summed E-state index contributed by atoms with van der Waals surface area (Å²) in [5, 5.41) is 9.27. The Morgan fingerprint density at radius 1 is 1.33 bits per heavy atom. The van der Waals surface area contributed by atoms with Gasteiger partial charge in [-0.1, -0.05) is 0 Å². The SMILES string of the molecule is Cc1nccn1CCCN1CCC(C(O)C(F)(F)F)CC1. The summed E-state index contributed by atoms with van der Waals surface area (Å²) in [5.74, 6) is 0.319. The van der Waals surface area contributed by atoms with E-state index >= 15 is 0 Å². The van der Waals surface area contributed by atoms with E-state index in [1.165, 1.54) is 0 Å². The number of halogens is 3. The molecule has 1 unspecified atom stereocenters. The van der Waals surface area contributed by atoms with E-state index in [1.807, 2.05) is 13.1 Å². The summed E-state index contributed by atoms with van der Waals surface area (Å²) >= 11 is 0. The Hall–Kier alpha value is -1.08. The molecule has 2 heterocycles. The van der Waals surface area contributed by atoms with Gasteiger partial charge in [-0.2, -0.15) is 13.2 Å². The van der Waals surface area contributed by atoms with Gasteiger partial charge in [-0.25, -0.2) is 4.98 Å². The van der Waals surface area contributed by atoms with Gasteiger partial charge in [0.1, 0.15) is 5.82 Å². The molecule has 0 spiro atoms. The normalized spacial score (nSPS) is 19.9. The Bertz CT molecular complexity index is 439. The lowest BCUT2D eigenvalue weighted by Gasteiger charge is -2.34. The van der Waals surface area contributed by atoms with Crippen molar-refractivity contribution in [3.8, 4) is 0 Å². The number of hydrogen-bond acceptors (Lipinski definition) is 3. The first-order valence-electron chi connectivity index (χ1n) is 7.33. The van der Waals surface area contributed by atoms with E-state index in [9.17, 15) is 18.3 Å². The number of nitrogens with zero attached hydrogens (tertiary/aromatic N) is 3. The van der Waals surface area contributed by atoms with Crippen LogP contribution in [-0.4, -0.2) is 51.5 Å². The van der Waals surface area contributed by atoms with Gasteiger partial charge in [0, 0.05) is 18.9 Å². The monoisotopic (exact) mass is 305 g/mol. The van der Waals surface area contributed by atoms with E-state index in [0.717, 1.165) is 25.3 Å². The molecule has 0 radical (unpaired) electrons. The molecule has 7 heteroatoms. The lowest BCUT2D eigenvalue weighted by molar-refractivity contribution is -0.223. The number of aromatic nitrogens is 2. The van der Waals surface area contributed by atoms with Crippen molar-refractivity contribution in [2.45, 2.75) is 45.0 Å². The number of aliphatic hydroxyl groups excluding tert-OH is 1. The van der Waals surface area contributed by atoms with Crippen LogP contribution in [0.1, 0.15) is 25.1 Å². The van der Waals surface area contributed by atoms with Crippen LogP contribution in [0.4, 0.5) is 13.2 Å². The zero-order chi connectivity index (χ0) is 15.5. The Labute approximate surface area is 122 Å². The topological polar surface area (TPSA) is 41.3 Å². The summed E-state index contributed by atoms with van der Waals surface area (Å²) in [6.07, 6.45) is -1.21. The first-order valence-corrected chi connectivity index (χ1v) is 7.33. The van der Waals surface area contributed by atoms with E-state index in [4.69, 9.17) is 0 Å². The molecular weight excluding hydrogens is 283 g/mol. The summed E-state index contributed by atoms with van der Waals surface area (Å²) in [7, 11) is 0. The molecule has 4 nitrogen and oxygen atoms in total. The van der Waals surface area contributed by atoms with Crippen molar-refractivity contribution < 1.29 is 18.3 Å². The fourth-order valence-corrected chi connectivity index (χ4v) is 2.86. The first kappa shape index (κ1) is 16.3. The highest BCUT2D eigenvalue weighted by atomic mass is 19.4. The average Bonchev–Trinajstić information content (AvgIpc) is 2.83.